The minimum Gasteiger partial charge on any atom is -0.345 e. The zero-order valence-electron chi connectivity index (χ0n) is 11.0. The van der Waals surface area contributed by atoms with Crippen molar-refractivity contribution in [3.8, 4) is 0 Å². The molecule has 0 atom stereocenters. The number of carbonyl (C=O) groups excluding carboxylic acids is 2. The molecule has 1 heterocycles. The molecular formula is C14H20N2O2S. The van der Waals surface area contributed by atoms with E-state index < -0.39 is 11.8 Å². The summed E-state index contributed by atoms with van der Waals surface area (Å²) in [5, 5.41) is 7.44. The predicted octanol–water partition coefficient (Wildman–Crippen LogP) is 2.20. The number of rotatable bonds is 3. The van der Waals surface area contributed by atoms with Crippen molar-refractivity contribution < 1.29 is 9.59 Å². The van der Waals surface area contributed by atoms with E-state index in [9.17, 15) is 9.59 Å². The average Bonchev–Trinajstić information content (AvgIpc) is 2.80. The summed E-state index contributed by atoms with van der Waals surface area (Å²) in [6, 6.07) is 4.04. The van der Waals surface area contributed by atoms with Gasteiger partial charge in [0.2, 0.25) is 0 Å². The van der Waals surface area contributed by atoms with E-state index >= 15 is 0 Å². The first kappa shape index (κ1) is 14.1. The van der Waals surface area contributed by atoms with Crippen LogP contribution in [0.3, 0.4) is 0 Å². The third kappa shape index (κ3) is 4.67. The Hall–Kier alpha value is -1.36. The van der Waals surface area contributed by atoms with Crippen molar-refractivity contribution in [2.75, 3.05) is 0 Å². The summed E-state index contributed by atoms with van der Waals surface area (Å²) in [7, 11) is 0. The van der Waals surface area contributed by atoms with Crippen LogP contribution in [0.15, 0.2) is 17.5 Å². The molecule has 19 heavy (non-hydrogen) atoms. The van der Waals surface area contributed by atoms with E-state index in [4.69, 9.17) is 0 Å². The molecule has 1 aliphatic carbocycles. The Bertz CT molecular complexity index is 409. The lowest BCUT2D eigenvalue weighted by molar-refractivity contribution is -0.139. The number of hydrogen-bond acceptors (Lipinski definition) is 3. The topological polar surface area (TPSA) is 58.2 Å². The number of carbonyl (C=O) groups is 2. The van der Waals surface area contributed by atoms with E-state index in [1.807, 2.05) is 17.5 Å². The van der Waals surface area contributed by atoms with Gasteiger partial charge in [0.05, 0.1) is 6.54 Å². The van der Waals surface area contributed by atoms with E-state index in [0.29, 0.717) is 6.54 Å². The zero-order valence-corrected chi connectivity index (χ0v) is 11.8. The van der Waals surface area contributed by atoms with Crippen LogP contribution in [0.5, 0.6) is 0 Å². The molecule has 0 saturated heterocycles. The molecule has 1 aromatic heterocycles. The van der Waals surface area contributed by atoms with Crippen LogP contribution in [0.25, 0.3) is 0 Å². The summed E-state index contributed by atoms with van der Waals surface area (Å²) in [6.45, 7) is 0.425. The molecule has 2 amide bonds. The van der Waals surface area contributed by atoms with Crippen molar-refractivity contribution in [1.82, 2.24) is 10.6 Å². The summed E-state index contributed by atoms with van der Waals surface area (Å²) < 4.78 is 0. The summed E-state index contributed by atoms with van der Waals surface area (Å²) in [6.07, 6.45) is 6.73. The molecule has 1 aromatic rings. The summed E-state index contributed by atoms with van der Waals surface area (Å²) in [5.74, 6) is -1.03. The SMILES string of the molecule is O=C(NCc1cccs1)C(=O)NC1CCCCCC1. The van der Waals surface area contributed by atoms with Gasteiger partial charge in [-0.3, -0.25) is 9.59 Å². The molecule has 0 bridgehead atoms. The molecule has 5 heteroatoms. The van der Waals surface area contributed by atoms with E-state index in [1.54, 1.807) is 11.3 Å². The fourth-order valence-electron chi connectivity index (χ4n) is 2.34. The summed E-state index contributed by atoms with van der Waals surface area (Å²) >= 11 is 1.57. The number of amides is 2. The van der Waals surface area contributed by atoms with Crippen LogP contribution in [0.2, 0.25) is 0 Å². The zero-order chi connectivity index (χ0) is 13.5. The second-order valence-electron chi connectivity index (χ2n) is 4.92. The Balaban J connectivity index is 1.73. The van der Waals surface area contributed by atoms with Gasteiger partial charge in [-0.05, 0) is 24.3 Å². The van der Waals surface area contributed by atoms with E-state index in [-0.39, 0.29) is 6.04 Å². The number of thiophene rings is 1. The number of hydrogen-bond donors (Lipinski definition) is 2. The van der Waals surface area contributed by atoms with Gasteiger partial charge in [-0.1, -0.05) is 31.7 Å². The lowest BCUT2D eigenvalue weighted by Gasteiger charge is -2.15. The maximum atomic E-state index is 11.8. The summed E-state index contributed by atoms with van der Waals surface area (Å²) in [5.41, 5.74) is 0. The molecule has 0 unspecified atom stereocenters. The smallest absolute Gasteiger partial charge is 0.309 e. The van der Waals surface area contributed by atoms with Gasteiger partial charge in [-0.2, -0.15) is 0 Å². The first-order valence-electron chi connectivity index (χ1n) is 6.87. The highest BCUT2D eigenvalue weighted by Gasteiger charge is 2.19. The molecule has 1 saturated carbocycles. The highest BCUT2D eigenvalue weighted by atomic mass is 32.1. The van der Waals surface area contributed by atoms with Gasteiger partial charge in [0.25, 0.3) is 0 Å². The van der Waals surface area contributed by atoms with E-state index in [0.717, 1.165) is 30.6 Å². The quantitative estimate of drug-likeness (QED) is 0.659. The number of nitrogens with one attached hydrogen (secondary N) is 2. The van der Waals surface area contributed by atoms with Crippen molar-refractivity contribution in [1.29, 1.82) is 0 Å². The van der Waals surface area contributed by atoms with Crippen molar-refractivity contribution in [2.45, 2.75) is 51.1 Å². The van der Waals surface area contributed by atoms with Gasteiger partial charge >= 0.3 is 11.8 Å². The fourth-order valence-corrected chi connectivity index (χ4v) is 2.98. The van der Waals surface area contributed by atoms with Crippen molar-refractivity contribution in [3.05, 3.63) is 22.4 Å². The van der Waals surface area contributed by atoms with Gasteiger partial charge in [0, 0.05) is 10.9 Å². The molecule has 0 aromatic carbocycles. The average molecular weight is 280 g/mol. The molecule has 2 N–H and O–H groups in total. The first-order chi connectivity index (χ1) is 9.25. The lowest BCUT2D eigenvalue weighted by atomic mass is 10.1. The molecule has 0 aliphatic heterocycles. The van der Waals surface area contributed by atoms with Crippen molar-refractivity contribution >= 4 is 23.2 Å². The molecule has 1 fully saturated rings. The summed E-state index contributed by atoms with van der Waals surface area (Å²) in [4.78, 5) is 24.5. The molecule has 4 nitrogen and oxygen atoms in total. The van der Waals surface area contributed by atoms with Gasteiger partial charge in [-0.15, -0.1) is 11.3 Å². The van der Waals surface area contributed by atoms with Gasteiger partial charge in [0.15, 0.2) is 0 Å². The maximum Gasteiger partial charge on any atom is 0.309 e. The Labute approximate surface area is 117 Å². The van der Waals surface area contributed by atoms with E-state index in [2.05, 4.69) is 10.6 Å². The minimum atomic E-state index is -0.530. The first-order valence-corrected chi connectivity index (χ1v) is 7.75. The maximum absolute atomic E-state index is 11.8. The molecule has 2 rings (SSSR count). The molecule has 0 spiro atoms. The fraction of sp³-hybridized carbons (Fsp3) is 0.571. The van der Waals surface area contributed by atoms with Crippen LogP contribution in [-0.2, 0) is 16.1 Å². The van der Waals surface area contributed by atoms with Crippen LogP contribution in [0.1, 0.15) is 43.4 Å². The third-order valence-corrected chi connectivity index (χ3v) is 4.28. The van der Waals surface area contributed by atoms with Crippen LogP contribution in [0, 0.1) is 0 Å². The lowest BCUT2D eigenvalue weighted by Crippen LogP contribution is -2.44. The van der Waals surface area contributed by atoms with Gasteiger partial charge in [-0.25, -0.2) is 0 Å². The van der Waals surface area contributed by atoms with Gasteiger partial charge < -0.3 is 10.6 Å². The molecule has 104 valence electrons. The minimum absolute atomic E-state index is 0.169. The van der Waals surface area contributed by atoms with Crippen LogP contribution in [-0.4, -0.2) is 17.9 Å². The van der Waals surface area contributed by atoms with Crippen molar-refractivity contribution in [2.24, 2.45) is 0 Å². The third-order valence-electron chi connectivity index (χ3n) is 3.40. The highest BCUT2D eigenvalue weighted by Crippen LogP contribution is 2.17. The van der Waals surface area contributed by atoms with Crippen LogP contribution >= 0.6 is 11.3 Å². The highest BCUT2D eigenvalue weighted by molar-refractivity contribution is 7.09. The standard InChI is InChI=1S/C14H20N2O2S/c17-13(15-10-12-8-5-9-19-12)14(18)16-11-6-3-1-2-4-7-11/h5,8-9,11H,1-4,6-7,10H2,(H,15,17)(H,16,18). The Morgan fingerprint density at radius 2 is 1.89 bits per heavy atom. The molecular weight excluding hydrogens is 260 g/mol. The Morgan fingerprint density at radius 3 is 2.53 bits per heavy atom. The normalized spacial score (nSPS) is 16.6. The second-order valence-corrected chi connectivity index (χ2v) is 5.96. The Kier molecular flexibility index (Phi) is 5.39. The van der Waals surface area contributed by atoms with E-state index in [1.165, 1.54) is 12.8 Å². The second kappa shape index (κ2) is 7.28. The Morgan fingerprint density at radius 1 is 1.16 bits per heavy atom. The molecule has 1 aliphatic rings. The monoisotopic (exact) mass is 280 g/mol. The van der Waals surface area contributed by atoms with Gasteiger partial charge in [0.1, 0.15) is 0 Å². The predicted molar refractivity (Wildman–Crippen MR) is 75.8 cm³/mol. The largest absolute Gasteiger partial charge is 0.345 e. The van der Waals surface area contributed by atoms with Crippen LogP contribution < -0.4 is 10.6 Å². The van der Waals surface area contributed by atoms with Crippen LogP contribution in [0.4, 0.5) is 0 Å². The molecule has 0 radical (unpaired) electrons. The van der Waals surface area contributed by atoms with Crippen molar-refractivity contribution in [3.63, 3.8) is 0 Å².